The highest BCUT2D eigenvalue weighted by Gasteiger charge is 2.20. The first-order valence-electron chi connectivity index (χ1n) is 7.04. The Bertz CT molecular complexity index is 435. The lowest BCUT2D eigenvalue weighted by atomic mass is 10.1. The molecule has 1 aliphatic rings. The number of carboxylic acids is 1. The molecule has 2 rings (SSSR count). The molecule has 0 bridgehead atoms. The summed E-state index contributed by atoms with van der Waals surface area (Å²) in [6.07, 6.45) is 5.11. The highest BCUT2D eigenvalue weighted by Crippen LogP contribution is 2.32. The second-order valence-electron chi connectivity index (χ2n) is 5.43. The summed E-state index contributed by atoms with van der Waals surface area (Å²) in [4.78, 5) is 18.9. The van der Waals surface area contributed by atoms with Crippen LogP contribution in [0.2, 0.25) is 0 Å². The Morgan fingerprint density at radius 3 is 2.47 bits per heavy atom. The van der Waals surface area contributed by atoms with Gasteiger partial charge in [0, 0.05) is 18.0 Å². The average Bonchev–Trinajstić information content (AvgIpc) is 2.59. The van der Waals surface area contributed by atoms with Gasteiger partial charge in [0.15, 0.2) is 5.13 Å². The lowest BCUT2D eigenvalue weighted by Crippen LogP contribution is -2.23. The molecule has 5 heteroatoms. The average molecular weight is 282 g/mol. The molecule has 106 valence electrons. The number of anilines is 1. The van der Waals surface area contributed by atoms with E-state index in [1.807, 2.05) is 0 Å². The Labute approximate surface area is 118 Å². The monoisotopic (exact) mass is 282 g/mol. The fourth-order valence-corrected chi connectivity index (χ4v) is 3.72. The molecular weight excluding hydrogens is 260 g/mol. The highest BCUT2D eigenvalue weighted by molar-refractivity contribution is 7.15. The molecule has 0 radical (unpaired) electrons. The molecule has 0 aromatic carbocycles. The van der Waals surface area contributed by atoms with Crippen molar-refractivity contribution in [2.24, 2.45) is 0 Å². The maximum absolute atomic E-state index is 10.9. The molecule has 1 fully saturated rings. The normalized spacial score (nSPS) is 16.7. The predicted octanol–water partition coefficient (Wildman–Crippen LogP) is 3.27. The number of thiazole rings is 1. The maximum atomic E-state index is 10.9. The zero-order valence-corrected chi connectivity index (χ0v) is 12.5. The van der Waals surface area contributed by atoms with Gasteiger partial charge in [-0.2, -0.15) is 0 Å². The lowest BCUT2D eigenvalue weighted by Gasteiger charge is -2.18. The van der Waals surface area contributed by atoms with Gasteiger partial charge in [-0.3, -0.25) is 4.79 Å². The van der Waals surface area contributed by atoms with Crippen LogP contribution in [0.1, 0.15) is 56.0 Å². The molecule has 4 nitrogen and oxygen atoms in total. The number of hydrogen-bond acceptors (Lipinski definition) is 4. The Kier molecular flexibility index (Phi) is 4.80. The van der Waals surface area contributed by atoms with E-state index in [1.165, 1.54) is 25.7 Å². The Balaban J connectivity index is 2.22. The molecule has 19 heavy (non-hydrogen) atoms. The van der Waals surface area contributed by atoms with Crippen molar-refractivity contribution in [2.45, 2.75) is 51.9 Å². The van der Waals surface area contributed by atoms with E-state index in [1.54, 1.807) is 11.3 Å². The summed E-state index contributed by atoms with van der Waals surface area (Å²) in [7, 11) is 0. The summed E-state index contributed by atoms with van der Waals surface area (Å²) in [6, 6.07) is 0. The number of rotatable bonds is 4. The van der Waals surface area contributed by atoms with Gasteiger partial charge >= 0.3 is 5.97 Å². The molecule has 1 saturated heterocycles. The molecule has 0 unspecified atom stereocenters. The van der Waals surface area contributed by atoms with Crippen molar-refractivity contribution in [3.8, 4) is 0 Å². The van der Waals surface area contributed by atoms with Gasteiger partial charge in [-0.25, -0.2) is 4.98 Å². The predicted molar refractivity (Wildman–Crippen MR) is 78.2 cm³/mol. The fourth-order valence-electron chi connectivity index (χ4n) is 2.46. The van der Waals surface area contributed by atoms with Crippen molar-refractivity contribution in [2.75, 3.05) is 18.0 Å². The molecule has 1 N–H and O–H groups in total. The zero-order valence-electron chi connectivity index (χ0n) is 11.7. The smallest absolute Gasteiger partial charge is 0.308 e. The fraction of sp³-hybridized carbons (Fsp3) is 0.714. The molecule has 0 atom stereocenters. The second-order valence-corrected chi connectivity index (χ2v) is 6.49. The quantitative estimate of drug-likeness (QED) is 0.921. The third kappa shape index (κ3) is 3.69. The van der Waals surface area contributed by atoms with Crippen LogP contribution in [-0.4, -0.2) is 29.1 Å². The number of carbonyl (C=O) groups is 1. The van der Waals surface area contributed by atoms with E-state index in [4.69, 9.17) is 10.1 Å². The van der Waals surface area contributed by atoms with Crippen LogP contribution in [-0.2, 0) is 11.2 Å². The van der Waals surface area contributed by atoms with E-state index in [2.05, 4.69) is 18.7 Å². The molecule has 2 heterocycles. The first-order valence-corrected chi connectivity index (χ1v) is 7.86. The van der Waals surface area contributed by atoms with Crippen molar-refractivity contribution in [1.29, 1.82) is 0 Å². The van der Waals surface area contributed by atoms with Crippen LogP contribution in [0, 0.1) is 0 Å². The van der Waals surface area contributed by atoms with E-state index < -0.39 is 5.97 Å². The Hall–Kier alpha value is -1.10. The first-order chi connectivity index (χ1) is 9.08. The molecule has 0 aliphatic carbocycles. The van der Waals surface area contributed by atoms with Crippen LogP contribution in [0.15, 0.2) is 0 Å². The molecule has 0 amide bonds. The first kappa shape index (κ1) is 14.3. The van der Waals surface area contributed by atoms with Gasteiger partial charge in [-0.1, -0.05) is 26.7 Å². The van der Waals surface area contributed by atoms with Crippen molar-refractivity contribution >= 4 is 22.4 Å². The number of aliphatic carboxylic acids is 1. The largest absolute Gasteiger partial charge is 0.481 e. The Morgan fingerprint density at radius 1 is 1.32 bits per heavy atom. The van der Waals surface area contributed by atoms with E-state index in [0.717, 1.165) is 28.8 Å². The molecule has 1 aromatic heterocycles. The molecule has 1 aliphatic heterocycles. The number of aromatic nitrogens is 1. The third-order valence-corrected chi connectivity index (χ3v) is 4.58. The third-order valence-electron chi connectivity index (χ3n) is 3.45. The number of nitrogens with zero attached hydrogens (tertiary/aromatic N) is 2. The standard InChI is InChI=1S/C14H22N2O2S/c1-10(2)13-11(9-12(17)18)19-14(15-13)16-7-5-3-4-6-8-16/h10H,3-9H2,1-2H3,(H,17,18). The van der Waals surface area contributed by atoms with Gasteiger partial charge in [-0.15, -0.1) is 11.3 Å². The summed E-state index contributed by atoms with van der Waals surface area (Å²) in [5, 5.41) is 10.0. The van der Waals surface area contributed by atoms with Crippen LogP contribution >= 0.6 is 11.3 Å². The molecule has 0 spiro atoms. The Morgan fingerprint density at radius 2 is 1.95 bits per heavy atom. The second kappa shape index (κ2) is 6.37. The molecular formula is C14H22N2O2S. The number of carboxylic acid groups (broad SMARTS) is 1. The maximum Gasteiger partial charge on any atom is 0.308 e. The minimum Gasteiger partial charge on any atom is -0.481 e. The number of hydrogen-bond donors (Lipinski definition) is 1. The van der Waals surface area contributed by atoms with Crippen molar-refractivity contribution in [3.05, 3.63) is 10.6 Å². The summed E-state index contributed by atoms with van der Waals surface area (Å²) >= 11 is 1.57. The summed E-state index contributed by atoms with van der Waals surface area (Å²) in [6.45, 7) is 6.26. The topological polar surface area (TPSA) is 53.4 Å². The lowest BCUT2D eigenvalue weighted by molar-refractivity contribution is -0.136. The molecule has 0 saturated carbocycles. The van der Waals surface area contributed by atoms with E-state index >= 15 is 0 Å². The van der Waals surface area contributed by atoms with E-state index in [0.29, 0.717) is 0 Å². The van der Waals surface area contributed by atoms with E-state index in [-0.39, 0.29) is 12.3 Å². The van der Waals surface area contributed by atoms with Crippen LogP contribution < -0.4 is 4.90 Å². The van der Waals surface area contributed by atoms with Gasteiger partial charge in [0.1, 0.15) is 0 Å². The van der Waals surface area contributed by atoms with Crippen LogP contribution in [0.3, 0.4) is 0 Å². The summed E-state index contributed by atoms with van der Waals surface area (Å²) < 4.78 is 0. The van der Waals surface area contributed by atoms with Crippen LogP contribution in [0.4, 0.5) is 5.13 Å². The van der Waals surface area contributed by atoms with Crippen LogP contribution in [0.25, 0.3) is 0 Å². The van der Waals surface area contributed by atoms with Crippen molar-refractivity contribution in [3.63, 3.8) is 0 Å². The van der Waals surface area contributed by atoms with Gasteiger partial charge in [-0.05, 0) is 18.8 Å². The summed E-state index contributed by atoms with van der Waals surface area (Å²) in [5.74, 6) is -0.487. The van der Waals surface area contributed by atoms with Gasteiger partial charge < -0.3 is 10.0 Å². The van der Waals surface area contributed by atoms with Gasteiger partial charge in [0.05, 0.1) is 12.1 Å². The zero-order chi connectivity index (χ0) is 13.8. The highest BCUT2D eigenvalue weighted by atomic mass is 32.1. The van der Waals surface area contributed by atoms with Gasteiger partial charge in [0.25, 0.3) is 0 Å². The van der Waals surface area contributed by atoms with Crippen molar-refractivity contribution < 1.29 is 9.90 Å². The van der Waals surface area contributed by atoms with E-state index in [9.17, 15) is 4.79 Å². The molecule has 1 aromatic rings. The van der Waals surface area contributed by atoms with Gasteiger partial charge in [0.2, 0.25) is 0 Å². The summed E-state index contributed by atoms with van der Waals surface area (Å²) in [5.41, 5.74) is 0.964. The minimum absolute atomic E-state index is 0.0962. The minimum atomic E-state index is -0.770. The van der Waals surface area contributed by atoms with Crippen molar-refractivity contribution in [1.82, 2.24) is 4.98 Å². The SMILES string of the molecule is CC(C)c1nc(N2CCCCCC2)sc1CC(=O)O. The van der Waals surface area contributed by atoms with Crippen LogP contribution in [0.5, 0.6) is 0 Å².